The van der Waals surface area contributed by atoms with E-state index in [1.54, 1.807) is 11.1 Å². The molecular weight excluding hydrogens is 372 g/mol. The van der Waals surface area contributed by atoms with Gasteiger partial charge in [-0.15, -0.1) is 0 Å². The topological polar surface area (TPSA) is 78.6 Å². The van der Waals surface area contributed by atoms with Crippen LogP contribution in [0.5, 0.6) is 17.2 Å². The van der Waals surface area contributed by atoms with Crippen LogP contribution < -0.4 is 29.3 Å². The van der Waals surface area contributed by atoms with E-state index in [2.05, 4.69) is 22.4 Å². The molecular formula is C21H26N4O4+2. The van der Waals surface area contributed by atoms with E-state index in [-0.39, 0.29) is 5.91 Å². The zero-order valence-electron chi connectivity index (χ0n) is 16.3. The summed E-state index contributed by atoms with van der Waals surface area (Å²) in [7, 11) is 0. The molecule has 1 saturated heterocycles. The molecule has 0 unspecified atom stereocenters. The third kappa shape index (κ3) is 3.99. The number of rotatable bonds is 5. The van der Waals surface area contributed by atoms with Gasteiger partial charge in [-0.25, -0.2) is 4.98 Å². The monoisotopic (exact) mass is 398 g/mol. The number of anilines is 1. The molecule has 0 bridgehead atoms. The van der Waals surface area contributed by atoms with E-state index < -0.39 is 6.10 Å². The van der Waals surface area contributed by atoms with E-state index in [0.29, 0.717) is 24.8 Å². The van der Waals surface area contributed by atoms with Gasteiger partial charge in [-0.05, 0) is 30.3 Å². The molecule has 8 nitrogen and oxygen atoms in total. The number of amides is 1. The van der Waals surface area contributed by atoms with Gasteiger partial charge in [0.2, 0.25) is 6.79 Å². The third-order valence-corrected chi connectivity index (χ3v) is 5.89. The van der Waals surface area contributed by atoms with Gasteiger partial charge in [0.25, 0.3) is 5.91 Å². The average molecular weight is 398 g/mol. The first kappa shape index (κ1) is 18.2. The summed E-state index contributed by atoms with van der Waals surface area (Å²) in [5.74, 6) is 2.77. The van der Waals surface area contributed by atoms with Crippen molar-refractivity contribution in [3.8, 4) is 17.2 Å². The quantitative estimate of drug-likeness (QED) is 0.595. The summed E-state index contributed by atoms with van der Waals surface area (Å²) in [5.41, 5.74) is 1.28. The number of aromatic nitrogens is 1. The lowest BCUT2D eigenvalue weighted by Crippen LogP contribution is -3.27. The van der Waals surface area contributed by atoms with E-state index in [9.17, 15) is 4.79 Å². The fourth-order valence-corrected chi connectivity index (χ4v) is 4.23. The van der Waals surface area contributed by atoms with Gasteiger partial charge in [-0.2, -0.15) is 0 Å². The normalized spacial score (nSPS) is 25.1. The van der Waals surface area contributed by atoms with E-state index in [1.807, 2.05) is 18.2 Å². The molecule has 5 rings (SSSR count). The maximum atomic E-state index is 12.3. The number of piperazine rings is 1. The lowest BCUT2D eigenvalue weighted by Gasteiger charge is -2.31. The van der Waals surface area contributed by atoms with Crippen molar-refractivity contribution in [3.63, 3.8) is 0 Å². The average Bonchev–Trinajstić information content (AvgIpc) is 3.21. The zero-order valence-corrected chi connectivity index (χ0v) is 16.3. The third-order valence-electron chi connectivity index (χ3n) is 5.89. The van der Waals surface area contributed by atoms with Crippen molar-refractivity contribution >= 4 is 11.7 Å². The first-order valence-electron chi connectivity index (χ1n) is 10.2. The number of carbonyl (C=O) groups is 1. The van der Waals surface area contributed by atoms with Crippen LogP contribution in [0.2, 0.25) is 0 Å². The van der Waals surface area contributed by atoms with Gasteiger partial charge in [-0.3, -0.25) is 4.79 Å². The number of hydrogen-bond acceptors (Lipinski definition) is 5. The molecule has 4 heterocycles. The number of nitrogens with one attached hydrogen (secondary N) is 3. The highest BCUT2D eigenvalue weighted by atomic mass is 16.7. The summed E-state index contributed by atoms with van der Waals surface area (Å²) in [5, 5.41) is 2.84. The molecule has 3 N–H and O–H groups in total. The molecule has 3 aliphatic rings. The predicted molar refractivity (Wildman–Crippen MR) is 104 cm³/mol. The second-order valence-corrected chi connectivity index (χ2v) is 7.85. The van der Waals surface area contributed by atoms with Gasteiger partial charge in [0, 0.05) is 18.2 Å². The molecule has 1 aromatic heterocycles. The molecule has 0 spiro atoms. The molecule has 8 heteroatoms. The molecule has 29 heavy (non-hydrogen) atoms. The van der Waals surface area contributed by atoms with Crippen LogP contribution in [0.15, 0.2) is 36.5 Å². The Kier molecular flexibility index (Phi) is 4.95. The maximum absolute atomic E-state index is 12.3. The molecule has 2 aromatic rings. The highest BCUT2D eigenvalue weighted by Crippen LogP contribution is 2.32. The molecule has 1 fully saturated rings. The molecule has 3 aliphatic heterocycles. The number of pyridine rings is 1. The Morgan fingerprint density at radius 3 is 2.76 bits per heavy atom. The summed E-state index contributed by atoms with van der Waals surface area (Å²) in [6.45, 7) is 6.70. The van der Waals surface area contributed by atoms with Crippen molar-refractivity contribution in [2.45, 2.75) is 19.1 Å². The van der Waals surface area contributed by atoms with Crippen LogP contribution >= 0.6 is 0 Å². The van der Waals surface area contributed by atoms with Gasteiger partial charge in [0.05, 0.1) is 6.54 Å². The first-order chi connectivity index (χ1) is 14.2. The number of carbonyl (C=O) groups excluding carboxylic acids is 1. The minimum Gasteiger partial charge on any atom is -0.476 e. The molecule has 152 valence electrons. The van der Waals surface area contributed by atoms with Crippen molar-refractivity contribution < 1.29 is 28.8 Å². The lowest BCUT2D eigenvalue weighted by atomic mass is 10.1. The van der Waals surface area contributed by atoms with Crippen LogP contribution in [0.4, 0.5) is 5.82 Å². The summed E-state index contributed by atoms with van der Waals surface area (Å²) < 4.78 is 16.7. The summed E-state index contributed by atoms with van der Waals surface area (Å²) in [6, 6.07) is 9.90. The molecule has 1 atom stereocenters. The Labute approximate surface area is 169 Å². The van der Waals surface area contributed by atoms with Crippen LogP contribution in [0, 0.1) is 0 Å². The standard InChI is InChI=1S/C21H24N4O4/c26-21-18(29-17-2-1-6-22-20(17)23-21)5-7-24-8-10-25(11-9-24)13-15-3-4-16-19(12-15)28-14-27-16/h1-4,6,12,18H,5,7-11,13-14H2,(H,22,23,26)/p+2/t18-/m1/s1. The SMILES string of the molecule is O=C1Nc2ncccc2O[C@@H]1CC[NH+]1CC[NH+](Cc2ccc3c(c2)OCO3)CC1. The van der Waals surface area contributed by atoms with Crippen molar-refractivity contribution in [2.75, 3.05) is 44.8 Å². The fourth-order valence-electron chi connectivity index (χ4n) is 4.23. The zero-order chi connectivity index (χ0) is 19.6. The van der Waals surface area contributed by atoms with Crippen LogP contribution in [0.1, 0.15) is 12.0 Å². The number of nitrogens with zero attached hydrogens (tertiary/aromatic N) is 1. The lowest BCUT2D eigenvalue weighted by molar-refractivity contribution is -1.02. The highest BCUT2D eigenvalue weighted by Gasteiger charge is 2.31. The Morgan fingerprint density at radius 1 is 1.03 bits per heavy atom. The van der Waals surface area contributed by atoms with Crippen LogP contribution in [0.25, 0.3) is 0 Å². The Hall–Kier alpha value is -2.84. The first-order valence-corrected chi connectivity index (χ1v) is 10.2. The second-order valence-electron chi connectivity index (χ2n) is 7.85. The minimum atomic E-state index is -0.432. The second kappa shape index (κ2) is 7.88. The van der Waals surface area contributed by atoms with Crippen molar-refractivity contribution in [1.29, 1.82) is 0 Å². The van der Waals surface area contributed by atoms with E-state index >= 15 is 0 Å². The fraction of sp³-hybridized carbons (Fsp3) is 0.429. The van der Waals surface area contributed by atoms with Gasteiger partial charge in [-0.1, -0.05) is 0 Å². The van der Waals surface area contributed by atoms with E-state index in [1.165, 1.54) is 10.5 Å². The van der Waals surface area contributed by atoms with Crippen LogP contribution in [-0.4, -0.2) is 56.5 Å². The summed E-state index contributed by atoms with van der Waals surface area (Å²) >= 11 is 0. The largest absolute Gasteiger partial charge is 0.476 e. The van der Waals surface area contributed by atoms with Crippen LogP contribution in [-0.2, 0) is 11.3 Å². The minimum absolute atomic E-state index is 0.0948. The number of ether oxygens (including phenoxy) is 3. The Morgan fingerprint density at radius 2 is 1.86 bits per heavy atom. The summed E-state index contributed by atoms with van der Waals surface area (Å²) in [4.78, 5) is 19.5. The van der Waals surface area contributed by atoms with Gasteiger partial charge in [0.1, 0.15) is 32.7 Å². The molecule has 0 radical (unpaired) electrons. The number of benzene rings is 1. The summed E-state index contributed by atoms with van der Waals surface area (Å²) in [6.07, 6.45) is 1.93. The number of fused-ring (bicyclic) bond motifs is 2. The van der Waals surface area contributed by atoms with Gasteiger partial charge in [0.15, 0.2) is 29.2 Å². The smallest absolute Gasteiger partial charge is 0.266 e. The Balaban J connectivity index is 1.09. The van der Waals surface area contributed by atoms with Gasteiger partial charge < -0.3 is 29.3 Å². The molecule has 1 amide bonds. The predicted octanol–water partition coefficient (Wildman–Crippen LogP) is -1.12. The highest BCUT2D eigenvalue weighted by molar-refractivity contribution is 5.96. The molecule has 1 aromatic carbocycles. The maximum Gasteiger partial charge on any atom is 0.266 e. The van der Waals surface area contributed by atoms with E-state index in [4.69, 9.17) is 14.2 Å². The number of hydrogen-bond donors (Lipinski definition) is 3. The van der Waals surface area contributed by atoms with Crippen LogP contribution in [0.3, 0.4) is 0 Å². The van der Waals surface area contributed by atoms with Crippen molar-refractivity contribution in [1.82, 2.24) is 4.98 Å². The van der Waals surface area contributed by atoms with Crippen molar-refractivity contribution in [2.24, 2.45) is 0 Å². The Bertz CT molecular complexity index is 898. The van der Waals surface area contributed by atoms with Gasteiger partial charge >= 0.3 is 0 Å². The molecule has 0 saturated carbocycles. The van der Waals surface area contributed by atoms with Crippen molar-refractivity contribution in [3.05, 3.63) is 42.1 Å². The van der Waals surface area contributed by atoms with E-state index in [0.717, 1.165) is 50.8 Å². The number of quaternary nitrogens is 2. The molecule has 0 aliphatic carbocycles.